The summed E-state index contributed by atoms with van der Waals surface area (Å²) in [5, 5.41) is 2.41. The lowest BCUT2D eigenvalue weighted by Crippen LogP contribution is -2.46. The third-order valence-electron chi connectivity index (χ3n) is 4.76. The highest BCUT2D eigenvalue weighted by atomic mass is 28.3. The van der Waals surface area contributed by atoms with Gasteiger partial charge in [0.1, 0.15) is 8.07 Å². The van der Waals surface area contributed by atoms with Crippen LogP contribution in [0.2, 0.25) is 13.1 Å². The summed E-state index contributed by atoms with van der Waals surface area (Å²) in [6, 6.07) is 10.5. The van der Waals surface area contributed by atoms with Gasteiger partial charge in [0.2, 0.25) is 0 Å². The van der Waals surface area contributed by atoms with Gasteiger partial charge >= 0.3 is 0 Å². The van der Waals surface area contributed by atoms with Gasteiger partial charge in [0.25, 0.3) is 0 Å². The van der Waals surface area contributed by atoms with Crippen LogP contribution in [0.15, 0.2) is 52.2 Å². The summed E-state index contributed by atoms with van der Waals surface area (Å²) in [6.07, 6.45) is 0. The minimum Gasteiger partial charge on any atom is -0.376 e. The summed E-state index contributed by atoms with van der Waals surface area (Å²) in [7, 11) is -1.97. The molecule has 0 radical (unpaired) electrons. The number of allylic oxidation sites excluding steroid dienone is 2. The Hall–Kier alpha value is -1.45. The van der Waals surface area contributed by atoms with Gasteiger partial charge in [-0.15, -0.1) is 0 Å². The zero-order valence-electron chi connectivity index (χ0n) is 13.2. The van der Waals surface area contributed by atoms with E-state index in [9.17, 15) is 4.79 Å². The highest BCUT2D eigenvalue weighted by Gasteiger charge is 2.47. The molecule has 110 valence electrons. The van der Waals surface area contributed by atoms with Crippen molar-refractivity contribution in [3.8, 4) is 0 Å². The number of fused-ring (bicyclic) bond motifs is 1. The second-order valence-electron chi connectivity index (χ2n) is 6.70. The molecule has 0 N–H and O–H groups in total. The molecule has 1 unspecified atom stereocenters. The van der Waals surface area contributed by atoms with Crippen LogP contribution in [-0.4, -0.2) is 27.1 Å². The van der Waals surface area contributed by atoms with E-state index in [0.717, 1.165) is 16.3 Å². The fourth-order valence-corrected chi connectivity index (χ4v) is 6.76. The summed E-state index contributed by atoms with van der Waals surface area (Å²) in [4.78, 5) is 13.0. The quantitative estimate of drug-likeness (QED) is 0.620. The molecule has 0 aromatic heterocycles. The third kappa shape index (κ3) is 2.15. The molecular formula is C18H22O2Si. The Morgan fingerprint density at radius 3 is 2.48 bits per heavy atom. The Morgan fingerprint density at radius 1 is 1.19 bits per heavy atom. The SMILES string of the molecule is CC(C)=C1C(=O)C([Si](C)(C)c2ccccc2)=C2COCC21. The predicted molar refractivity (Wildman–Crippen MR) is 88.3 cm³/mol. The Kier molecular flexibility index (Phi) is 3.50. The first-order valence-electron chi connectivity index (χ1n) is 7.53. The van der Waals surface area contributed by atoms with Crippen LogP contribution in [0, 0.1) is 5.92 Å². The Bertz CT molecular complexity index is 649. The van der Waals surface area contributed by atoms with E-state index < -0.39 is 8.07 Å². The number of ketones is 1. The second kappa shape index (κ2) is 5.07. The summed E-state index contributed by atoms with van der Waals surface area (Å²) < 4.78 is 5.68. The molecule has 1 aromatic carbocycles. The van der Waals surface area contributed by atoms with Crippen molar-refractivity contribution in [3.05, 3.63) is 52.2 Å². The van der Waals surface area contributed by atoms with Gasteiger partial charge in [0, 0.05) is 11.5 Å². The maximum atomic E-state index is 13.0. The molecule has 0 saturated carbocycles. The lowest BCUT2D eigenvalue weighted by atomic mass is 9.96. The fourth-order valence-electron chi connectivity index (χ4n) is 3.69. The Labute approximate surface area is 127 Å². The molecule has 0 amide bonds. The lowest BCUT2D eigenvalue weighted by Gasteiger charge is -2.25. The molecule has 2 aliphatic rings. The van der Waals surface area contributed by atoms with Crippen molar-refractivity contribution >= 4 is 19.0 Å². The molecule has 0 spiro atoms. The topological polar surface area (TPSA) is 26.3 Å². The molecule has 21 heavy (non-hydrogen) atoms. The molecule has 1 fully saturated rings. The molecule has 1 aromatic rings. The van der Waals surface area contributed by atoms with Gasteiger partial charge in [-0.25, -0.2) is 0 Å². The largest absolute Gasteiger partial charge is 0.376 e. The average Bonchev–Trinajstić information content (AvgIpc) is 2.98. The second-order valence-corrected chi connectivity index (χ2v) is 11.0. The minimum absolute atomic E-state index is 0.216. The van der Waals surface area contributed by atoms with Crippen LogP contribution in [0.25, 0.3) is 0 Å². The van der Waals surface area contributed by atoms with Crippen LogP contribution in [0.5, 0.6) is 0 Å². The van der Waals surface area contributed by atoms with Crippen LogP contribution in [0.3, 0.4) is 0 Å². The van der Waals surface area contributed by atoms with Crippen LogP contribution >= 0.6 is 0 Å². The van der Waals surface area contributed by atoms with Gasteiger partial charge in [-0.2, -0.15) is 0 Å². The van der Waals surface area contributed by atoms with Crippen molar-refractivity contribution in [2.24, 2.45) is 5.92 Å². The van der Waals surface area contributed by atoms with Crippen LogP contribution in [0.4, 0.5) is 0 Å². The molecule has 0 bridgehead atoms. The first-order chi connectivity index (χ1) is 9.94. The Morgan fingerprint density at radius 2 is 1.86 bits per heavy atom. The fraction of sp³-hybridized carbons (Fsp3) is 0.389. The van der Waals surface area contributed by atoms with E-state index in [-0.39, 0.29) is 5.92 Å². The van der Waals surface area contributed by atoms with Crippen molar-refractivity contribution in [2.75, 3.05) is 13.2 Å². The minimum atomic E-state index is -1.97. The molecule has 1 saturated heterocycles. The summed E-state index contributed by atoms with van der Waals surface area (Å²) in [5.41, 5.74) is 3.39. The molecule has 1 atom stereocenters. The normalized spacial score (nSPS) is 22.0. The van der Waals surface area contributed by atoms with Crippen molar-refractivity contribution in [3.63, 3.8) is 0 Å². The van der Waals surface area contributed by atoms with Crippen LogP contribution in [0.1, 0.15) is 13.8 Å². The summed E-state index contributed by atoms with van der Waals surface area (Å²) >= 11 is 0. The maximum Gasteiger partial charge on any atom is 0.182 e. The average molecular weight is 298 g/mol. The van der Waals surface area contributed by atoms with Gasteiger partial charge < -0.3 is 4.74 Å². The van der Waals surface area contributed by atoms with E-state index in [4.69, 9.17) is 4.74 Å². The third-order valence-corrected chi connectivity index (χ3v) is 8.34. The number of carbonyl (C=O) groups excluding carboxylic acids is 1. The zero-order valence-corrected chi connectivity index (χ0v) is 14.2. The number of carbonyl (C=O) groups is 1. The first kappa shape index (κ1) is 14.5. The molecule has 3 heteroatoms. The van der Waals surface area contributed by atoms with E-state index in [2.05, 4.69) is 37.4 Å². The zero-order chi connectivity index (χ0) is 15.2. The van der Waals surface area contributed by atoms with E-state index in [1.807, 2.05) is 19.9 Å². The smallest absolute Gasteiger partial charge is 0.182 e. The number of hydrogen-bond donors (Lipinski definition) is 0. The maximum absolute atomic E-state index is 13.0. The number of benzene rings is 1. The Balaban J connectivity index is 2.16. The van der Waals surface area contributed by atoms with E-state index in [1.54, 1.807) is 0 Å². The molecule has 1 aliphatic carbocycles. The van der Waals surface area contributed by atoms with Gasteiger partial charge in [-0.1, -0.05) is 54.2 Å². The molecular weight excluding hydrogens is 276 g/mol. The van der Waals surface area contributed by atoms with Crippen molar-refractivity contribution in [1.82, 2.24) is 0 Å². The highest BCUT2D eigenvalue weighted by molar-refractivity contribution is 6.99. The number of ether oxygens (including phenoxy) is 1. The summed E-state index contributed by atoms with van der Waals surface area (Å²) in [5.74, 6) is 0.506. The monoisotopic (exact) mass is 298 g/mol. The van der Waals surface area contributed by atoms with Gasteiger partial charge in [-0.05, 0) is 24.6 Å². The molecule has 1 aliphatic heterocycles. The van der Waals surface area contributed by atoms with Gasteiger partial charge in [-0.3, -0.25) is 4.79 Å². The summed E-state index contributed by atoms with van der Waals surface area (Å²) in [6.45, 7) is 9.96. The van der Waals surface area contributed by atoms with Crippen LogP contribution < -0.4 is 5.19 Å². The van der Waals surface area contributed by atoms with Gasteiger partial charge in [0.05, 0.1) is 13.2 Å². The predicted octanol–water partition coefficient (Wildman–Crippen LogP) is 3.00. The molecule has 2 nitrogen and oxygen atoms in total. The standard InChI is InChI=1S/C18H22O2Si/c1-12(2)16-14-10-20-11-15(14)18(17(16)19)21(3,4)13-8-6-5-7-9-13/h5-9,14H,10-11H2,1-4H3. The number of hydrogen-bond acceptors (Lipinski definition) is 2. The van der Waals surface area contributed by atoms with Crippen LogP contribution in [-0.2, 0) is 9.53 Å². The van der Waals surface area contributed by atoms with E-state index in [1.165, 1.54) is 10.8 Å². The molecule has 1 heterocycles. The van der Waals surface area contributed by atoms with Gasteiger partial charge in [0.15, 0.2) is 5.78 Å². The van der Waals surface area contributed by atoms with Crippen molar-refractivity contribution in [1.29, 1.82) is 0 Å². The highest BCUT2D eigenvalue weighted by Crippen LogP contribution is 2.42. The van der Waals surface area contributed by atoms with Crippen molar-refractivity contribution in [2.45, 2.75) is 26.9 Å². The number of rotatable bonds is 2. The number of Topliss-reactive ketones (excluding diaryl/α,β-unsaturated/α-hetero) is 1. The van der Waals surface area contributed by atoms with E-state index >= 15 is 0 Å². The van der Waals surface area contributed by atoms with E-state index in [0.29, 0.717) is 19.0 Å². The molecule has 3 rings (SSSR count). The first-order valence-corrected chi connectivity index (χ1v) is 10.5. The van der Waals surface area contributed by atoms with Crippen molar-refractivity contribution < 1.29 is 9.53 Å². The lowest BCUT2D eigenvalue weighted by molar-refractivity contribution is -0.111.